The standard InChI is InChI=1S/C12H14FN3O/c1-8(2)12-11(7-17)14-15-16(12)10-5-3-4-9(13)6-10/h3-6,8,17H,7H2,1-2H3. The van der Waals surface area contributed by atoms with Gasteiger partial charge in [0.15, 0.2) is 0 Å². The highest BCUT2D eigenvalue weighted by molar-refractivity contribution is 5.34. The van der Waals surface area contributed by atoms with Crippen molar-refractivity contribution in [2.45, 2.75) is 26.4 Å². The molecule has 1 aromatic heterocycles. The van der Waals surface area contributed by atoms with Crippen LogP contribution in [-0.2, 0) is 6.61 Å². The third-order valence-corrected chi connectivity index (χ3v) is 2.53. The molecule has 1 heterocycles. The van der Waals surface area contributed by atoms with Gasteiger partial charge in [-0.15, -0.1) is 5.10 Å². The van der Waals surface area contributed by atoms with Crippen molar-refractivity contribution >= 4 is 0 Å². The lowest BCUT2D eigenvalue weighted by molar-refractivity contribution is 0.275. The van der Waals surface area contributed by atoms with E-state index < -0.39 is 0 Å². The molecule has 1 aromatic carbocycles. The van der Waals surface area contributed by atoms with Gasteiger partial charge in [0.1, 0.15) is 11.5 Å². The maximum Gasteiger partial charge on any atom is 0.125 e. The zero-order valence-electron chi connectivity index (χ0n) is 9.76. The number of benzene rings is 1. The Morgan fingerprint density at radius 3 is 2.76 bits per heavy atom. The van der Waals surface area contributed by atoms with Crippen LogP contribution in [0.25, 0.3) is 5.69 Å². The van der Waals surface area contributed by atoms with Crippen LogP contribution in [0.5, 0.6) is 0 Å². The molecular formula is C12H14FN3O. The van der Waals surface area contributed by atoms with E-state index in [1.54, 1.807) is 16.8 Å². The number of halogens is 1. The largest absolute Gasteiger partial charge is 0.390 e. The summed E-state index contributed by atoms with van der Waals surface area (Å²) in [6, 6.07) is 6.14. The first kappa shape index (κ1) is 11.7. The topological polar surface area (TPSA) is 50.9 Å². The van der Waals surface area contributed by atoms with Crippen LogP contribution in [0.15, 0.2) is 24.3 Å². The predicted molar refractivity (Wildman–Crippen MR) is 61.3 cm³/mol. The minimum absolute atomic E-state index is 0.149. The van der Waals surface area contributed by atoms with Crippen LogP contribution in [0.4, 0.5) is 4.39 Å². The molecule has 0 fully saturated rings. The molecule has 2 rings (SSSR count). The van der Waals surface area contributed by atoms with Crippen LogP contribution in [0, 0.1) is 5.82 Å². The van der Waals surface area contributed by atoms with Crippen molar-refractivity contribution in [1.82, 2.24) is 15.0 Å². The van der Waals surface area contributed by atoms with Crippen LogP contribution < -0.4 is 0 Å². The Balaban J connectivity index is 2.56. The van der Waals surface area contributed by atoms with E-state index in [0.717, 1.165) is 5.69 Å². The highest BCUT2D eigenvalue weighted by Gasteiger charge is 2.16. The molecule has 0 bridgehead atoms. The van der Waals surface area contributed by atoms with Gasteiger partial charge in [-0.2, -0.15) is 0 Å². The van der Waals surface area contributed by atoms with E-state index in [0.29, 0.717) is 11.4 Å². The van der Waals surface area contributed by atoms with Gasteiger partial charge in [-0.3, -0.25) is 0 Å². The summed E-state index contributed by atoms with van der Waals surface area (Å²) in [4.78, 5) is 0. The van der Waals surface area contributed by atoms with Gasteiger partial charge in [0.05, 0.1) is 18.0 Å². The molecule has 0 unspecified atom stereocenters. The summed E-state index contributed by atoms with van der Waals surface area (Å²) in [5.41, 5.74) is 1.95. The van der Waals surface area contributed by atoms with Gasteiger partial charge in [-0.25, -0.2) is 9.07 Å². The molecular weight excluding hydrogens is 221 g/mol. The van der Waals surface area contributed by atoms with Gasteiger partial charge in [-0.05, 0) is 24.1 Å². The molecule has 0 saturated heterocycles. The Bertz CT molecular complexity index is 522. The molecule has 0 aliphatic heterocycles. The number of rotatable bonds is 3. The van der Waals surface area contributed by atoms with Gasteiger partial charge in [0.25, 0.3) is 0 Å². The van der Waals surface area contributed by atoms with Crippen LogP contribution >= 0.6 is 0 Å². The fourth-order valence-corrected chi connectivity index (χ4v) is 1.81. The summed E-state index contributed by atoms with van der Waals surface area (Å²) in [6.07, 6.45) is 0. The van der Waals surface area contributed by atoms with Gasteiger partial charge in [0, 0.05) is 0 Å². The number of hydrogen-bond donors (Lipinski definition) is 1. The number of hydrogen-bond acceptors (Lipinski definition) is 3. The molecule has 0 saturated carbocycles. The Morgan fingerprint density at radius 2 is 2.18 bits per heavy atom. The smallest absolute Gasteiger partial charge is 0.125 e. The van der Waals surface area contributed by atoms with Gasteiger partial charge >= 0.3 is 0 Å². The average molecular weight is 235 g/mol. The van der Waals surface area contributed by atoms with Crippen molar-refractivity contribution in [3.8, 4) is 5.69 Å². The zero-order chi connectivity index (χ0) is 12.4. The van der Waals surface area contributed by atoms with Crippen molar-refractivity contribution in [1.29, 1.82) is 0 Å². The minimum Gasteiger partial charge on any atom is -0.390 e. The molecule has 0 radical (unpaired) electrons. The first-order valence-corrected chi connectivity index (χ1v) is 5.44. The van der Waals surface area contributed by atoms with E-state index in [9.17, 15) is 9.50 Å². The second kappa shape index (κ2) is 4.63. The van der Waals surface area contributed by atoms with Crippen LogP contribution in [0.1, 0.15) is 31.2 Å². The predicted octanol–water partition coefficient (Wildman–Crippen LogP) is 2.02. The minimum atomic E-state index is -0.321. The van der Waals surface area contributed by atoms with Crippen molar-refractivity contribution < 1.29 is 9.50 Å². The molecule has 90 valence electrons. The lowest BCUT2D eigenvalue weighted by atomic mass is 10.1. The quantitative estimate of drug-likeness (QED) is 0.885. The Hall–Kier alpha value is -1.75. The molecule has 2 aromatic rings. The second-order valence-corrected chi connectivity index (χ2v) is 4.13. The molecule has 0 aliphatic carbocycles. The molecule has 5 heteroatoms. The fraction of sp³-hybridized carbons (Fsp3) is 0.333. The normalized spacial score (nSPS) is 11.1. The van der Waals surface area contributed by atoms with E-state index in [2.05, 4.69) is 10.3 Å². The molecule has 0 aliphatic rings. The molecule has 0 atom stereocenters. The van der Waals surface area contributed by atoms with E-state index in [1.165, 1.54) is 12.1 Å². The fourth-order valence-electron chi connectivity index (χ4n) is 1.81. The first-order chi connectivity index (χ1) is 8.13. The summed E-state index contributed by atoms with van der Waals surface area (Å²) in [7, 11) is 0. The van der Waals surface area contributed by atoms with Gasteiger partial charge < -0.3 is 5.11 Å². The Morgan fingerprint density at radius 1 is 1.41 bits per heavy atom. The summed E-state index contributed by atoms with van der Waals surface area (Å²) in [5.74, 6) is -0.173. The number of aliphatic hydroxyl groups is 1. The average Bonchev–Trinajstić information content (AvgIpc) is 2.72. The highest BCUT2D eigenvalue weighted by atomic mass is 19.1. The second-order valence-electron chi connectivity index (χ2n) is 4.13. The maximum absolute atomic E-state index is 13.2. The third kappa shape index (κ3) is 2.19. The summed E-state index contributed by atoms with van der Waals surface area (Å²) in [5, 5.41) is 17.1. The first-order valence-electron chi connectivity index (χ1n) is 5.44. The maximum atomic E-state index is 13.2. The monoisotopic (exact) mass is 235 g/mol. The van der Waals surface area contributed by atoms with Crippen molar-refractivity contribution in [2.75, 3.05) is 0 Å². The van der Waals surface area contributed by atoms with E-state index in [-0.39, 0.29) is 18.3 Å². The Kier molecular flexibility index (Phi) is 3.19. The van der Waals surface area contributed by atoms with E-state index in [4.69, 9.17) is 0 Å². The summed E-state index contributed by atoms with van der Waals surface area (Å²) < 4.78 is 14.7. The lowest BCUT2D eigenvalue weighted by Gasteiger charge is -2.10. The number of aromatic nitrogens is 3. The molecule has 4 nitrogen and oxygen atoms in total. The SMILES string of the molecule is CC(C)c1c(CO)nnn1-c1cccc(F)c1. The van der Waals surface area contributed by atoms with Crippen molar-refractivity contribution in [2.24, 2.45) is 0 Å². The van der Waals surface area contributed by atoms with E-state index in [1.807, 2.05) is 13.8 Å². The summed E-state index contributed by atoms with van der Waals surface area (Å²) in [6.45, 7) is 3.80. The molecule has 0 amide bonds. The van der Waals surface area contributed by atoms with Crippen LogP contribution in [0.3, 0.4) is 0 Å². The molecule has 0 spiro atoms. The number of aliphatic hydroxyl groups excluding tert-OH is 1. The van der Waals surface area contributed by atoms with Crippen molar-refractivity contribution in [3.63, 3.8) is 0 Å². The summed E-state index contributed by atoms with van der Waals surface area (Å²) >= 11 is 0. The lowest BCUT2D eigenvalue weighted by Crippen LogP contribution is -2.05. The van der Waals surface area contributed by atoms with Crippen molar-refractivity contribution in [3.05, 3.63) is 41.5 Å². The highest BCUT2D eigenvalue weighted by Crippen LogP contribution is 2.21. The number of nitrogens with zero attached hydrogens (tertiary/aromatic N) is 3. The van der Waals surface area contributed by atoms with Crippen LogP contribution in [-0.4, -0.2) is 20.1 Å². The Labute approximate surface area is 98.7 Å². The molecule has 17 heavy (non-hydrogen) atoms. The van der Waals surface area contributed by atoms with Gasteiger partial charge in [0.2, 0.25) is 0 Å². The van der Waals surface area contributed by atoms with Crippen LogP contribution in [0.2, 0.25) is 0 Å². The van der Waals surface area contributed by atoms with Gasteiger partial charge in [-0.1, -0.05) is 25.1 Å². The third-order valence-electron chi connectivity index (χ3n) is 2.53. The molecule has 1 N–H and O–H groups in total. The van der Waals surface area contributed by atoms with E-state index >= 15 is 0 Å². The zero-order valence-corrected chi connectivity index (χ0v) is 9.76.